The Morgan fingerprint density at radius 3 is 2.35 bits per heavy atom. The summed E-state index contributed by atoms with van der Waals surface area (Å²) in [5.41, 5.74) is 0. The molecule has 26 heavy (non-hydrogen) atoms. The highest BCUT2D eigenvalue weighted by molar-refractivity contribution is 7.89. The number of nitrogens with zero attached hydrogens (tertiary/aromatic N) is 2. The second-order valence-electron chi connectivity index (χ2n) is 6.41. The standard InChI is InChI=1S/C18H28N2O5S/c1-3-13-25-16-5-7-17(8-6-16)26(23,24)20-11-9-15(10-12-20)19(4-2)14-18(21)22/h5-8,15H,3-4,9-14H2,1-2H3,(H,21,22). The maximum atomic E-state index is 12.8. The van der Waals surface area contributed by atoms with Crippen LogP contribution in [0, 0.1) is 0 Å². The summed E-state index contributed by atoms with van der Waals surface area (Å²) in [5.74, 6) is -0.191. The van der Waals surface area contributed by atoms with Crippen molar-refractivity contribution in [2.24, 2.45) is 0 Å². The molecule has 2 rings (SSSR count). The molecule has 1 saturated heterocycles. The lowest BCUT2D eigenvalue weighted by Gasteiger charge is -2.36. The number of piperidine rings is 1. The number of ether oxygens (including phenoxy) is 1. The molecule has 1 aromatic rings. The van der Waals surface area contributed by atoms with Crippen LogP contribution in [0.1, 0.15) is 33.1 Å². The van der Waals surface area contributed by atoms with Gasteiger partial charge in [-0.05, 0) is 50.1 Å². The van der Waals surface area contributed by atoms with Crippen molar-refractivity contribution in [1.29, 1.82) is 0 Å². The summed E-state index contributed by atoms with van der Waals surface area (Å²) in [7, 11) is -3.54. The molecule has 0 radical (unpaired) electrons. The SMILES string of the molecule is CCCOc1ccc(S(=O)(=O)N2CCC(N(CC)CC(=O)O)CC2)cc1. The van der Waals surface area contributed by atoms with Crippen LogP contribution in [0.2, 0.25) is 0 Å². The van der Waals surface area contributed by atoms with Gasteiger partial charge in [0.05, 0.1) is 18.0 Å². The van der Waals surface area contributed by atoms with Crippen molar-refractivity contribution < 1.29 is 23.1 Å². The van der Waals surface area contributed by atoms with Crippen molar-refractivity contribution in [1.82, 2.24) is 9.21 Å². The molecule has 7 nitrogen and oxygen atoms in total. The molecule has 1 heterocycles. The molecule has 1 aliphatic heterocycles. The molecular formula is C18H28N2O5S. The van der Waals surface area contributed by atoms with E-state index in [0.717, 1.165) is 6.42 Å². The van der Waals surface area contributed by atoms with Crippen molar-refractivity contribution in [3.05, 3.63) is 24.3 Å². The van der Waals surface area contributed by atoms with Gasteiger partial charge in [-0.15, -0.1) is 0 Å². The Balaban J connectivity index is 1.99. The summed E-state index contributed by atoms with van der Waals surface area (Å²) in [5, 5.41) is 8.99. The van der Waals surface area contributed by atoms with E-state index in [1.165, 1.54) is 4.31 Å². The number of hydrogen-bond donors (Lipinski definition) is 1. The summed E-state index contributed by atoms with van der Waals surface area (Å²) >= 11 is 0. The van der Waals surface area contributed by atoms with Crippen LogP contribution in [0.3, 0.4) is 0 Å². The number of likely N-dealkylation sites (N-methyl/N-ethyl adjacent to an activating group) is 1. The number of carbonyl (C=O) groups is 1. The number of hydrogen-bond acceptors (Lipinski definition) is 5. The minimum Gasteiger partial charge on any atom is -0.494 e. The number of carboxylic acids is 1. The third-order valence-electron chi connectivity index (χ3n) is 4.62. The van der Waals surface area contributed by atoms with Crippen LogP contribution in [0.15, 0.2) is 29.2 Å². The van der Waals surface area contributed by atoms with Gasteiger partial charge >= 0.3 is 5.97 Å². The largest absolute Gasteiger partial charge is 0.494 e. The summed E-state index contributed by atoms with van der Waals surface area (Å²) in [6.45, 7) is 5.97. The van der Waals surface area contributed by atoms with Gasteiger partial charge < -0.3 is 9.84 Å². The molecule has 1 N–H and O–H groups in total. The summed E-state index contributed by atoms with van der Waals surface area (Å²) < 4.78 is 32.6. The van der Waals surface area contributed by atoms with Crippen molar-refractivity contribution >= 4 is 16.0 Å². The zero-order chi connectivity index (χ0) is 19.2. The fourth-order valence-corrected chi connectivity index (χ4v) is 4.67. The van der Waals surface area contributed by atoms with Crippen LogP contribution in [0.4, 0.5) is 0 Å². The third kappa shape index (κ3) is 5.18. The molecule has 8 heteroatoms. The highest BCUT2D eigenvalue weighted by Gasteiger charge is 2.31. The van der Waals surface area contributed by atoms with Gasteiger partial charge in [-0.25, -0.2) is 8.42 Å². The molecule has 0 saturated carbocycles. The Morgan fingerprint density at radius 2 is 1.85 bits per heavy atom. The Hall–Kier alpha value is -1.64. The van der Waals surface area contributed by atoms with Gasteiger partial charge in [0, 0.05) is 19.1 Å². The summed E-state index contributed by atoms with van der Waals surface area (Å²) in [4.78, 5) is 13.1. The lowest BCUT2D eigenvalue weighted by Crippen LogP contribution is -2.48. The number of aliphatic carboxylic acids is 1. The van der Waals surface area contributed by atoms with Crippen molar-refractivity contribution in [3.8, 4) is 5.75 Å². The summed E-state index contributed by atoms with van der Waals surface area (Å²) in [6, 6.07) is 6.62. The minimum atomic E-state index is -3.54. The van der Waals surface area contributed by atoms with E-state index >= 15 is 0 Å². The Kier molecular flexibility index (Phi) is 7.43. The molecule has 1 aliphatic rings. The van der Waals surface area contributed by atoms with Crippen LogP contribution in [-0.4, -0.2) is 67.5 Å². The topological polar surface area (TPSA) is 87.2 Å². The quantitative estimate of drug-likeness (QED) is 0.701. The molecular weight excluding hydrogens is 356 g/mol. The van der Waals surface area contributed by atoms with Gasteiger partial charge in [0.2, 0.25) is 10.0 Å². The van der Waals surface area contributed by atoms with E-state index in [9.17, 15) is 13.2 Å². The maximum absolute atomic E-state index is 12.8. The number of sulfonamides is 1. The van der Waals surface area contributed by atoms with Gasteiger partial charge in [-0.1, -0.05) is 13.8 Å². The van der Waals surface area contributed by atoms with Gasteiger partial charge in [0.1, 0.15) is 5.75 Å². The fourth-order valence-electron chi connectivity index (χ4n) is 3.20. The lowest BCUT2D eigenvalue weighted by atomic mass is 10.0. The van der Waals surface area contributed by atoms with E-state index in [1.807, 2.05) is 18.7 Å². The first kappa shape index (κ1) is 20.7. The third-order valence-corrected chi connectivity index (χ3v) is 6.53. The predicted octanol–water partition coefficient (Wildman–Crippen LogP) is 2.04. The molecule has 0 unspecified atom stereocenters. The normalized spacial score (nSPS) is 16.7. The van der Waals surface area contributed by atoms with E-state index in [0.29, 0.717) is 44.8 Å². The minimum absolute atomic E-state index is 0.00681. The van der Waals surface area contributed by atoms with Crippen LogP contribution in [-0.2, 0) is 14.8 Å². The van der Waals surface area contributed by atoms with E-state index < -0.39 is 16.0 Å². The first-order chi connectivity index (χ1) is 12.4. The summed E-state index contributed by atoms with van der Waals surface area (Å²) in [6.07, 6.45) is 2.17. The van der Waals surface area contributed by atoms with E-state index in [-0.39, 0.29) is 17.5 Å². The second kappa shape index (κ2) is 9.34. The van der Waals surface area contributed by atoms with Crippen molar-refractivity contribution in [2.45, 2.75) is 44.0 Å². The van der Waals surface area contributed by atoms with Crippen LogP contribution >= 0.6 is 0 Å². The van der Waals surface area contributed by atoms with Crippen LogP contribution in [0.5, 0.6) is 5.75 Å². The molecule has 0 bridgehead atoms. The molecule has 1 aromatic carbocycles. The van der Waals surface area contributed by atoms with Gasteiger partial charge in [-0.3, -0.25) is 9.69 Å². The first-order valence-corrected chi connectivity index (χ1v) is 10.5. The van der Waals surface area contributed by atoms with Crippen LogP contribution in [0.25, 0.3) is 0 Å². The number of rotatable bonds is 9. The molecule has 146 valence electrons. The fraction of sp³-hybridized carbons (Fsp3) is 0.611. The van der Waals surface area contributed by atoms with E-state index in [4.69, 9.17) is 9.84 Å². The zero-order valence-corrected chi connectivity index (χ0v) is 16.2. The van der Waals surface area contributed by atoms with Crippen molar-refractivity contribution in [3.63, 3.8) is 0 Å². The second-order valence-corrected chi connectivity index (χ2v) is 8.35. The van der Waals surface area contributed by atoms with Crippen LogP contribution < -0.4 is 4.74 Å². The van der Waals surface area contributed by atoms with E-state index in [1.54, 1.807) is 24.3 Å². The Morgan fingerprint density at radius 1 is 1.23 bits per heavy atom. The maximum Gasteiger partial charge on any atom is 0.317 e. The average Bonchev–Trinajstić information content (AvgIpc) is 2.64. The van der Waals surface area contributed by atoms with Gasteiger partial charge in [0.25, 0.3) is 0 Å². The molecule has 0 aliphatic carbocycles. The van der Waals surface area contributed by atoms with Gasteiger partial charge in [-0.2, -0.15) is 4.31 Å². The number of carboxylic acid groups (broad SMARTS) is 1. The highest BCUT2D eigenvalue weighted by atomic mass is 32.2. The Bertz CT molecular complexity index is 682. The van der Waals surface area contributed by atoms with E-state index in [2.05, 4.69) is 0 Å². The Labute approximate surface area is 155 Å². The first-order valence-electron chi connectivity index (χ1n) is 9.07. The molecule has 0 amide bonds. The van der Waals surface area contributed by atoms with Gasteiger partial charge in [0.15, 0.2) is 0 Å². The number of benzene rings is 1. The van der Waals surface area contributed by atoms with Crippen molar-refractivity contribution in [2.75, 3.05) is 32.8 Å². The zero-order valence-electron chi connectivity index (χ0n) is 15.4. The molecule has 0 atom stereocenters. The highest BCUT2D eigenvalue weighted by Crippen LogP contribution is 2.24. The average molecular weight is 384 g/mol. The molecule has 0 spiro atoms. The smallest absolute Gasteiger partial charge is 0.317 e. The molecule has 1 fully saturated rings. The molecule has 0 aromatic heterocycles. The monoisotopic (exact) mass is 384 g/mol. The lowest BCUT2D eigenvalue weighted by molar-refractivity contribution is -0.139. The predicted molar refractivity (Wildman–Crippen MR) is 98.9 cm³/mol.